The molecule has 1 aromatic rings. The Morgan fingerprint density at radius 3 is 2.53 bits per heavy atom. The molecule has 0 aromatic carbocycles. The molecule has 0 bridgehead atoms. The molecule has 0 radical (unpaired) electrons. The molecule has 0 spiro atoms. The minimum absolute atomic E-state index is 0.0444. The lowest BCUT2D eigenvalue weighted by Crippen LogP contribution is -2.68. The van der Waals surface area contributed by atoms with Gasteiger partial charge in [-0.2, -0.15) is 11.8 Å². The molecule has 0 saturated heterocycles. The molecule has 1 N–H and O–H groups in total. The molecule has 30 heavy (non-hydrogen) atoms. The highest BCUT2D eigenvalue weighted by Gasteiger charge is 2.56. The lowest BCUT2D eigenvalue weighted by atomic mass is 9.72. The van der Waals surface area contributed by atoms with Gasteiger partial charge in [-0.1, -0.05) is 31.4 Å². The molecule has 1 aromatic heterocycles. The van der Waals surface area contributed by atoms with Crippen LogP contribution in [0.4, 0.5) is 0 Å². The highest BCUT2D eigenvalue weighted by Crippen LogP contribution is 2.47. The number of furan rings is 1. The van der Waals surface area contributed by atoms with Gasteiger partial charge >= 0.3 is 5.97 Å². The van der Waals surface area contributed by atoms with Gasteiger partial charge in [0.05, 0.1) is 18.2 Å². The number of nitrogens with one attached hydrogen (secondary N) is 1. The van der Waals surface area contributed by atoms with Crippen molar-refractivity contribution in [3.8, 4) is 0 Å². The molecular formula is C20H29NO5S2Si2. The number of fused-ring (bicyclic) bond motifs is 1. The van der Waals surface area contributed by atoms with Crippen LogP contribution in [0.2, 0.25) is 39.3 Å². The number of Topliss-reactive ketones (excluding diaryl/α,β-unsaturated/α-hetero) is 1. The van der Waals surface area contributed by atoms with Crippen LogP contribution in [0.15, 0.2) is 34.0 Å². The second kappa shape index (κ2) is 8.81. The molecule has 2 aliphatic rings. The van der Waals surface area contributed by atoms with Crippen molar-refractivity contribution in [3.63, 3.8) is 0 Å². The Balaban J connectivity index is 1.84. The van der Waals surface area contributed by atoms with Crippen LogP contribution in [-0.4, -0.2) is 56.2 Å². The maximum atomic E-state index is 13.1. The van der Waals surface area contributed by atoms with Gasteiger partial charge in [0.15, 0.2) is 11.5 Å². The highest BCUT2D eigenvalue weighted by atomic mass is 32.2. The Morgan fingerprint density at radius 1 is 1.27 bits per heavy atom. The first kappa shape index (κ1) is 23.6. The summed E-state index contributed by atoms with van der Waals surface area (Å²) >= 11 is 2.80. The summed E-state index contributed by atoms with van der Waals surface area (Å²) in [6.07, 6.45) is 1.46. The van der Waals surface area contributed by atoms with Gasteiger partial charge in [-0.05, 0) is 37.3 Å². The molecule has 6 nitrogen and oxygen atoms in total. The van der Waals surface area contributed by atoms with Gasteiger partial charge in [-0.3, -0.25) is 9.59 Å². The second-order valence-corrected chi connectivity index (χ2v) is 20.9. The number of thioether (sulfide) groups is 2. The van der Waals surface area contributed by atoms with Crippen molar-refractivity contribution in [2.45, 2.75) is 50.6 Å². The number of ketones is 1. The summed E-state index contributed by atoms with van der Waals surface area (Å²) in [5.74, 6) is 0.489. The van der Waals surface area contributed by atoms with Gasteiger partial charge in [-0.25, -0.2) is 4.79 Å². The smallest absolute Gasteiger partial charge is 0.321 e. The first-order chi connectivity index (χ1) is 13.9. The molecule has 1 aliphatic carbocycles. The molecule has 1 fully saturated rings. The summed E-state index contributed by atoms with van der Waals surface area (Å²) in [5.41, 5.74) is 1.31. The summed E-state index contributed by atoms with van der Waals surface area (Å²) in [5, 5.41) is -0.140. The average molecular weight is 484 g/mol. The van der Waals surface area contributed by atoms with Crippen molar-refractivity contribution in [1.29, 1.82) is 0 Å². The monoisotopic (exact) mass is 483 g/mol. The van der Waals surface area contributed by atoms with Crippen LogP contribution < -0.4 is 4.98 Å². The lowest BCUT2D eigenvalue weighted by molar-refractivity contribution is -0.137. The van der Waals surface area contributed by atoms with Gasteiger partial charge in [0, 0.05) is 22.3 Å². The van der Waals surface area contributed by atoms with E-state index in [9.17, 15) is 14.4 Å². The Kier molecular flexibility index (Phi) is 6.93. The van der Waals surface area contributed by atoms with E-state index in [-0.39, 0.29) is 33.9 Å². The standard InChI is InChI=1S/C20H29NO5S2Si2/c1-29(2,3)21-16-17(22)15-14(19(23)26-30(4,5)6)12(10-27-18(15)16)11-28-20(24)13-8-7-9-25-13/h7-9,15-16,18,21H,10-11H2,1-6H3. The third kappa shape index (κ3) is 5.39. The zero-order valence-electron chi connectivity index (χ0n) is 18.2. The number of carbonyl (C=O) groups excluding carboxylic acids is 3. The van der Waals surface area contributed by atoms with E-state index in [1.807, 2.05) is 19.6 Å². The molecule has 3 unspecified atom stereocenters. The van der Waals surface area contributed by atoms with Gasteiger partial charge < -0.3 is 13.8 Å². The Morgan fingerprint density at radius 2 is 1.97 bits per heavy atom. The van der Waals surface area contributed by atoms with Crippen molar-refractivity contribution in [1.82, 2.24) is 4.98 Å². The SMILES string of the molecule is C[Si](C)(C)NC1C(=O)C2C(C(=O)O[Si](C)(C)C)=C(CSC(=O)c3ccco3)CSC12. The average Bonchev–Trinajstić information content (AvgIpc) is 3.16. The summed E-state index contributed by atoms with van der Waals surface area (Å²) in [6.45, 7) is 12.4. The number of hydrogen-bond acceptors (Lipinski definition) is 8. The topological polar surface area (TPSA) is 85.6 Å². The number of rotatable bonds is 7. The van der Waals surface area contributed by atoms with E-state index in [4.69, 9.17) is 8.84 Å². The number of hydrogen-bond donors (Lipinski definition) is 1. The van der Waals surface area contributed by atoms with Gasteiger partial charge in [0.25, 0.3) is 5.12 Å². The molecule has 10 heteroatoms. The van der Waals surface area contributed by atoms with E-state index in [0.717, 1.165) is 17.3 Å². The quantitative estimate of drug-likeness (QED) is 0.584. The van der Waals surface area contributed by atoms with Crippen molar-refractivity contribution in [3.05, 3.63) is 35.3 Å². The highest BCUT2D eigenvalue weighted by molar-refractivity contribution is 8.14. The maximum Gasteiger partial charge on any atom is 0.321 e. The van der Waals surface area contributed by atoms with Crippen LogP contribution >= 0.6 is 23.5 Å². The van der Waals surface area contributed by atoms with E-state index in [1.54, 1.807) is 23.9 Å². The molecule has 2 heterocycles. The van der Waals surface area contributed by atoms with Crippen molar-refractivity contribution in [2.24, 2.45) is 5.92 Å². The number of carbonyl (C=O) groups is 3. The molecule has 164 valence electrons. The third-order valence-corrected chi connectivity index (χ3v) is 9.09. The summed E-state index contributed by atoms with van der Waals surface area (Å²) in [6, 6.07) is 3.09. The van der Waals surface area contributed by atoms with E-state index >= 15 is 0 Å². The Labute approximate surface area is 188 Å². The van der Waals surface area contributed by atoms with Crippen molar-refractivity contribution in [2.75, 3.05) is 11.5 Å². The summed E-state index contributed by atoms with van der Waals surface area (Å²) in [4.78, 5) is 42.0. The molecule has 1 saturated carbocycles. The van der Waals surface area contributed by atoms with Crippen LogP contribution in [0.3, 0.4) is 0 Å². The molecule has 0 amide bonds. The predicted molar refractivity (Wildman–Crippen MR) is 127 cm³/mol. The Bertz CT molecular complexity index is 871. The second-order valence-electron chi connectivity index (χ2n) is 9.60. The predicted octanol–water partition coefficient (Wildman–Crippen LogP) is 3.94. The van der Waals surface area contributed by atoms with Gasteiger partial charge in [0.1, 0.15) is 8.24 Å². The van der Waals surface area contributed by atoms with Crippen LogP contribution in [-0.2, 0) is 14.0 Å². The van der Waals surface area contributed by atoms with Crippen LogP contribution in [0.25, 0.3) is 0 Å². The van der Waals surface area contributed by atoms with Gasteiger partial charge in [0.2, 0.25) is 8.32 Å². The van der Waals surface area contributed by atoms with Crippen LogP contribution in [0, 0.1) is 5.92 Å². The van der Waals surface area contributed by atoms with Crippen LogP contribution in [0.1, 0.15) is 10.6 Å². The summed E-state index contributed by atoms with van der Waals surface area (Å²) in [7, 11) is -3.77. The normalized spacial score (nSPS) is 24.3. The van der Waals surface area contributed by atoms with Gasteiger partial charge in [-0.15, -0.1) is 0 Å². The fourth-order valence-electron chi connectivity index (χ4n) is 3.55. The zero-order valence-corrected chi connectivity index (χ0v) is 21.9. The third-order valence-electron chi connectivity index (χ3n) is 4.72. The fourth-order valence-corrected chi connectivity index (χ4v) is 8.05. The fraction of sp³-hybridized carbons (Fsp3) is 0.550. The van der Waals surface area contributed by atoms with E-state index in [1.165, 1.54) is 6.26 Å². The summed E-state index contributed by atoms with van der Waals surface area (Å²) < 4.78 is 10.9. The van der Waals surface area contributed by atoms with E-state index < -0.39 is 22.5 Å². The minimum atomic E-state index is -2.13. The van der Waals surface area contributed by atoms with Crippen LogP contribution in [0.5, 0.6) is 0 Å². The maximum absolute atomic E-state index is 13.1. The lowest BCUT2D eigenvalue weighted by Gasteiger charge is -2.49. The molecule has 3 rings (SSSR count). The minimum Gasteiger partial charge on any atom is -0.517 e. The largest absolute Gasteiger partial charge is 0.517 e. The molecular weight excluding hydrogens is 455 g/mol. The first-order valence-corrected chi connectivity index (χ1v) is 18.9. The molecule has 1 aliphatic heterocycles. The van der Waals surface area contributed by atoms with Crippen molar-refractivity contribution < 1.29 is 23.2 Å². The van der Waals surface area contributed by atoms with E-state index in [2.05, 4.69) is 24.6 Å². The Hall–Kier alpha value is -1.08. The zero-order chi connectivity index (χ0) is 22.3. The van der Waals surface area contributed by atoms with Crippen molar-refractivity contribution >= 4 is 56.9 Å². The molecule has 3 atom stereocenters. The first-order valence-electron chi connectivity index (χ1n) is 9.96. The van der Waals surface area contributed by atoms with E-state index in [0.29, 0.717) is 17.1 Å².